The van der Waals surface area contributed by atoms with E-state index < -0.39 is 17.9 Å². The Morgan fingerprint density at radius 1 is 1.00 bits per heavy atom. The minimum absolute atomic E-state index is 0.162. The van der Waals surface area contributed by atoms with E-state index in [9.17, 15) is 14.4 Å². The second-order valence-corrected chi connectivity index (χ2v) is 9.83. The molecule has 0 fully saturated rings. The highest BCUT2D eigenvalue weighted by atomic mass is 16.5. The first-order chi connectivity index (χ1) is 18.8. The van der Waals surface area contributed by atoms with Gasteiger partial charge in [0.1, 0.15) is 18.1 Å². The van der Waals surface area contributed by atoms with Crippen LogP contribution in [0.3, 0.4) is 0 Å². The average Bonchev–Trinajstić information content (AvgIpc) is 3.34. The molecule has 0 aliphatic rings. The van der Waals surface area contributed by atoms with Gasteiger partial charge in [0.2, 0.25) is 11.8 Å². The van der Waals surface area contributed by atoms with Crippen LogP contribution in [0, 0.1) is 12.8 Å². The van der Waals surface area contributed by atoms with Crippen molar-refractivity contribution in [3.05, 3.63) is 89.5 Å². The molecule has 0 radical (unpaired) electrons. The van der Waals surface area contributed by atoms with Crippen LogP contribution in [-0.4, -0.2) is 46.4 Å². The molecule has 1 atom stereocenters. The van der Waals surface area contributed by atoms with E-state index in [1.807, 2.05) is 55.5 Å². The van der Waals surface area contributed by atoms with E-state index in [0.717, 1.165) is 12.0 Å². The van der Waals surface area contributed by atoms with E-state index in [1.165, 1.54) is 16.7 Å². The van der Waals surface area contributed by atoms with Crippen molar-refractivity contribution in [2.45, 2.75) is 39.8 Å². The first-order valence-corrected chi connectivity index (χ1v) is 12.9. The summed E-state index contributed by atoms with van der Waals surface area (Å²) in [6.07, 6.45) is 0.795. The molecule has 0 saturated carbocycles. The highest BCUT2D eigenvalue weighted by molar-refractivity contribution is 6.02. The zero-order valence-corrected chi connectivity index (χ0v) is 22.6. The van der Waals surface area contributed by atoms with Crippen molar-refractivity contribution in [1.82, 2.24) is 20.3 Å². The first kappa shape index (κ1) is 27.5. The van der Waals surface area contributed by atoms with Crippen LogP contribution in [-0.2, 0) is 20.9 Å². The second-order valence-electron chi connectivity index (χ2n) is 9.83. The third-order valence-electron chi connectivity index (χ3n) is 6.44. The number of anilines is 1. The summed E-state index contributed by atoms with van der Waals surface area (Å²) in [6.45, 7) is 6.43. The molecule has 1 heterocycles. The number of hydrogen-bond donors (Lipinski definition) is 1. The Kier molecular flexibility index (Phi) is 8.70. The Morgan fingerprint density at radius 3 is 2.46 bits per heavy atom. The Morgan fingerprint density at radius 2 is 1.74 bits per heavy atom. The van der Waals surface area contributed by atoms with Crippen molar-refractivity contribution in [1.29, 1.82) is 0 Å². The van der Waals surface area contributed by atoms with E-state index in [2.05, 4.69) is 29.5 Å². The van der Waals surface area contributed by atoms with Gasteiger partial charge in [-0.15, -0.1) is 5.10 Å². The van der Waals surface area contributed by atoms with Gasteiger partial charge in [0, 0.05) is 12.2 Å². The van der Waals surface area contributed by atoms with Gasteiger partial charge < -0.3 is 10.1 Å². The summed E-state index contributed by atoms with van der Waals surface area (Å²) in [6, 6.07) is 20.4. The zero-order chi connectivity index (χ0) is 27.9. The van der Waals surface area contributed by atoms with Crippen molar-refractivity contribution in [2.24, 2.45) is 5.92 Å². The normalized spacial score (nSPS) is 11.8. The van der Waals surface area contributed by atoms with Gasteiger partial charge in [-0.3, -0.25) is 14.5 Å². The number of aryl methyl sites for hydroxylation is 1. The molecule has 39 heavy (non-hydrogen) atoms. The van der Waals surface area contributed by atoms with Crippen molar-refractivity contribution in [3.63, 3.8) is 0 Å². The quantitative estimate of drug-likeness (QED) is 0.305. The van der Waals surface area contributed by atoms with Gasteiger partial charge in [-0.1, -0.05) is 67.1 Å². The van der Waals surface area contributed by atoms with Crippen LogP contribution in [0.1, 0.15) is 47.8 Å². The van der Waals surface area contributed by atoms with Crippen LogP contribution in [0.2, 0.25) is 0 Å². The lowest BCUT2D eigenvalue weighted by atomic mass is 10.0. The summed E-state index contributed by atoms with van der Waals surface area (Å²) < 4.78 is 6.41. The number of methoxy groups -OCH3 is 1. The van der Waals surface area contributed by atoms with E-state index >= 15 is 0 Å². The predicted molar refractivity (Wildman–Crippen MR) is 149 cm³/mol. The third kappa shape index (κ3) is 6.49. The molecule has 0 aliphatic heterocycles. The molecular weight excluding hydrogens is 494 g/mol. The number of carbonyl (C=O) groups excluding carboxylic acids is 3. The van der Waals surface area contributed by atoms with Crippen molar-refractivity contribution in [2.75, 3.05) is 18.6 Å². The van der Waals surface area contributed by atoms with Crippen LogP contribution in [0.4, 0.5) is 5.69 Å². The standard InChI is InChI=1S/C30H33N5O4/c1-20(2)16-17-31-29(37)28(22-14-12-21(3)13-15-22)35(24-9-7-8-23(18-24)30(38)39-4)27(36)19-34-26-11-6-5-10-25(26)32-33-34/h5-15,18,20,28H,16-17,19H2,1-4H3,(H,31,37)/t28-/m0/s1. The molecule has 0 unspecified atom stereocenters. The van der Waals surface area contributed by atoms with Crippen LogP contribution in [0.15, 0.2) is 72.8 Å². The lowest BCUT2D eigenvalue weighted by Gasteiger charge is -2.32. The minimum Gasteiger partial charge on any atom is -0.465 e. The summed E-state index contributed by atoms with van der Waals surface area (Å²) in [5, 5.41) is 11.3. The number of para-hydroxylation sites is 1. The Labute approximate surface area is 227 Å². The van der Waals surface area contributed by atoms with E-state index in [-0.39, 0.29) is 18.0 Å². The first-order valence-electron chi connectivity index (χ1n) is 12.9. The highest BCUT2D eigenvalue weighted by Crippen LogP contribution is 2.30. The van der Waals surface area contributed by atoms with Crippen molar-refractivity contribution in [3.8, 4) is 0 Å². The van der Waals surface area contributed by atoms with Crippen LogP contribution in [0.5, 0.6) is 0 Å². The van der Waals surface area contributed by atoms with Gasteiger partial charge >= 0.3 is 5.97 Å². The van der Waals surface area contributed by atoms with Gasteiger partial charge in [-0.25, -0.2) is 9.48 Å². The molecule has 0 aliphatic carbocycles. The Hall–Kier alpha value is -4.53. The number of nitrogens with zero attached hydrogens (tertiary/aromatic N) is 4. The maximum Gasteiger partial charge on any atom is 0.337 e. The average molecular weight is 528 g/mol. The summed E-state index contributed by atoms with van der Waals surface area (Å²) in [4.78, 5) is 41.7. The fourth-order valence-electron chi connectivity index (χ4n) is 4.32. The number of nitrogens with one attached hydrogen (secondary N) is 1. The molecular formula is C30H33N5O4. The lowest BCUT2D eigenvalue weighted by Crippen LogP contribution is -2.45. The fourth-order valence-corrected chi connectivity index (χ4v) is 4.32. The topological polar surface area (TPSA) is 106 Å². The molecule has 0 saturated heterocycles. The van der Waals surface area contributed by atoms with Crippen molar-refractivity contribution < 1.29 is 19.1 Å². The number of aromatic nitrogens is 3. The number of benzene rings is 3. The number of ether oxygens (including phenoxy) is 1. The summed E-state index contributed by atoms with van der Waals surface area (Å²) in [7, 11) is 1.30. The van der Waals surface area contributed by atoms with Gasteiger partial charge in [-0.05, 0) is 55.2 Å². The van der Waals surface area contributed by atoms with Crippen molar-refractivity contribution >= 4 is 34.5 Å². The number of rotatable bonds is 10. The minimum atomic E-state index is -0.993. The van der Waals surface area contributed by atoms with Crippen LogP contribution < -0.4 is 10.2 Å². The molecule has 1 N–H and O–H groups in total. The van der Waals surface area contributed by atoms with E-state index in [4.69, 9.17) is 4.74 Å². The smallest absolute Gasteiger partial charge is 0.337 e. The van der Waals surface area contributed by atoms with Gasteiger partial charge in [-0.2, -0.15) is 0 Å². The maximum atomic E-state index is 14.1. The molecule has 3 aromatic carbocycles. The van der Waals surface area contributed by atoms with E-state index in [0.29, 0.717) is 34.7 Å². The summed E-state index contributed by atoms with van der Waals surface area (Å²) >= 11 is 0. The molecule has 9 heteroatoms. The predicted octanol–water partition coefficient (Wildman–Crippen LogP) is 4.46. The molecule has 0 spiro atoms. The maximum absolute atomic E-state index is 14.1. The molecule has 1 aromatic heterocycles. The molecule has 4 rings (SSSR count). The zero-order valence-electron chi connectivity index (χ0n) is 22.6. The second kappa shape index (κ2) is 12.3. The van der Waals surface area contributed by atoms with E-state index in [1.54, 1.807) is 24.3 Å². The number of amides is 2. The highest BCUT2D eigenvalue weighted by Gasteiger charge is 2.33. The lowest BCUT2D eigenvalue weighted by molar-refractivity contribution is -0.127. The fraction of sp³-hybridized carbons (Fsp3) is 0.300. The van der Waals surface area contributed by atoms with Crippen LogP contribution >= 0.6 is 0 Å². The Bertz CT molecular complexity index is 1460. The number of fused-ring (bicyclic) bond motifs is 1. The monoisotopic (exact) mass is 527 g/mol. The summed E-state index contributed by atoms with van der Waals surface area (Å²) in [5.41, 5.74) is 3.67. The molecule has 202 valence electrons. The van der Waals surface area contributed by atoms with Crippen LogP contribution in [0.25, 0.3) is 11.0 Å². The number of hydrogen-bond acceptors (Lipinski definition) is 6. The number of esters is 1. The van der Waals surface area contributed by atoms with Gasteiger partial charge in [0.15, 0.2) is 0 Å². The number of carbonyl (C=O) groups is 3. The molecule has 2 amide bonds. The SMILES string of the molecule is COC(=O)c1cccc(N(C(=O)Cn2nnc3ccccc32)[C@H](C(=O)NCCC(C)C)c2ccc(C)cc2)c1. The van der Waals surface area contributed by atoms with Gasteiger partial charge in [0.05, 0.1) is 18.2 Å². The Balaban J connectivity index is 1.81. The molecule has 9 nitrogen and oxygen atoms in total. The summed E-state index contributed by atoms with van der Waals surface area (Å²) in [5.74, 6) is -0.852. The van der Waals surface area contributed by atoms with Gasteiger partial charge in [0.25, 0.3) is 0 Å². The largest absolute Gasteiger partial charge is 0.465 e. The molecule has 4 aromatic rings. The molecule has 0 bridgehead atoms. The third-order valence-corrected chi connectivity index (χ3v) is 6.44.